The molecule has 180 valence electrons. The van der Waals surface area contributed by atoms with Crippen molar-refractivity contribution in [2.75, 3.05) is 14.2 Å². The molecule has 1 aliphatic carbocycles. The molecule has 0 radical (unpaired) electrons. The Morgan fingerprint density at radius 1 is 1.00 bits per heavy atom. The molecule has 36 heavy (non-hydrogen) atoms. The Kier molecular flexibility index (Phi) is 5.57. The van der Waals surface area contributed by atoms with Gasteiger partial charge in [-0.2, -0.15) is 0 Å². The second-order valence-electron chi connectivity index (χ2n) is 8.78. The fourth-order valence-electron chi connectivity index (χ4n) is 5.06. The molecule has 2 heterocycles. The predicted molar refractivity (Wildman–Crippen MR) is 139 cm³/mol. The van der Waals surface area contributed by atoms with E-state index in [9.17, 15) is 9.18 Å². The zero-order valence-corrected chi connectivity index (χ0v) is 20.6. The van der Waals surface area contributed by atoms with Crippen molar-refractivity contribution in [2.24, 2.45) is 4.99 Å². The zero-order valence-electron chi connectivity index (χ0n) is 19.8. The van der Waals surface area contributed by atoms with E-state index in [1.165, 1.54) is 29.0 Å². The number of fused-ring (bicyclic) bond motifs is 3. The lowest BCUT2D eigenvalue weighted by atomic mass is 9.83. The molecule has 0 amide bonds. The number of aromatic nitrogens is 1. The first-order valence-corrected chi connectivity index (χ1v) is 12.5. The van der Waals surface area contributed by atoms with Gasteiger partial charge >= 0.3 is 0 Å². The molecule has 3 aromatic carbocycles. The van der Waals surface area contributed by atoms with Crippen LogP contribution in [0.15, 0.2) is 82.1 Å². The summed E-state index contributed by atoms with van der Waals surface area (Å²) in [4.78, 5) is 19.4. The van der Waals surface area contributed by atoms with E-state index in [0.717, 1.165) is 40.8 Å². The van der Waals surface area contributed by atoms with Crippen molar-refractivity contribution in [2.45, 2.75) is 18.9 Å². The molecule has 1 aromatic heterocycles. The average Bonchev–Trinajstić information content (AvgIpc) is 3.22. The van der Waals surface area contributed by atoms with Crippen LogP contribution in [0.5, 0.6) is 11.5 Å². The Hall–Kier alpha value is -3.97. The van der Waals surface area contributed by atoms with Gasteiger partial charge in [0.15, 0.2) is 16.3 Å². The van der Waals surface area contributed by atoms with Crippen molar-refractivity contribution in [1.82, 2.24) is 4.57 Å². The molecule has 0 saturated carbocycles. The maximum atomic E-state index is 13.8. The van der Waals surface area contributed by atoms with Crippen LogP contribution in [0.1, 0.15) is 34.7 Å². The molecule has 2 aliphatic rings. The summed E-state index contributed by atoms with van der Waals surface area (Å²) < 4.78 is 26.9. The lowest BCUT2D eigenvalue weighted by Crippen LogP contribution is -2.38. The van der Waals surface area contributed by atoms with Crippen molar-refractivity contribution in [1.29, 1.82) is 0 Å². The Balaban J connectivity index is 1.58. The van der Waals surface area contributed by atoms with Crippen LogP contribution in [0, 0.1) is 5.82 Å². The molecule has 0 saturated heterocycles. The number of benzene rings is 3. The first kappa shape index (κ1) is 22.5. The molecular formula is C29H23FN2O3S. The lowest BCUT2D eigenvalue weighted by Gasteiger charge is -2.30. The van der Waals surface area contributed by atoms with Crippen LogP contribution < -0.4 is 24.4 Å². The Morgan fingerprint density at radius 2 is 1.78 bits per heavy atom. The molecule has 0 fully saturated rings. The van der Waals surface area contributed by atoms with E-state index in [0.29, 0.717) is 20.8 Å². The molecular weight excluding hydrogens is 475 g/mol. The van der Waals surface area contributed by atoms with Crippen molar-refractivity contribution in [3.63, 3.8) is 0 Å². The fourth-order valence-corrected chi connectivity index (χ4v) is 6.06. The van der Waals surface area contributed by atoms with Gasteiger partial charge in [-0.1, -0.05) is 53.8 Å². The van der Waals surface area contributed by atoms with E-state index in [1.807, 2.05) is 36.4 Å². The van der Waals surface area contributed by atoms with E-state index in [2.05, 4.69) is 12.1 Å². The molecule has 4 aromatic rings. The minimum absolute atomic E-state index is 0.117. The number of hydrogen-bond donors (Lipinski definition) is 0. The topological polar surface area (TPSA) is 52.8 Å². The Labute approximate surface area is 211 Å². The summed E-state index contributed by atoms with van der Waals surface area (Å²) in [6, 6.07) is 19.9. The van der Waals surface area contributed by atoms with E-state index in [-0.39, 0.29) is 17.4 Å². The molecule has 0 N–H and O–H groups in total. The summed E-state index contributed by atoms with van der Waals surface area (Å²) in [6.45, 7) is 0. The van der Waals surface area contributed by atoms with Gasteiger partial charge in [0.05, 0.1) is 30.5 Å². The number of ether oxygens (including phenoxy) is 2. The largest absolute Gasteiger partial charge is 0.493 e. The second-order valence-corrected chi connectivity index (χ2v) is 9.79. The molecule has 6 rings (SSSR count). The molecule has 1 aliphatic heterocycles. The van der Waals surface area contributed by atoms with Gasteiger partial charge in [-0.25, -0.2) is 9.38 Å². The van der Waals surface area contributed by atoms with Gasteiger partial charge in [0.2, 0.25) is 0 Å². The number of nitrogens with zero attached hydrogens (tertiary/aromatic N) is 2. The highest BCUT2D eigenvalue weighted by molar-refractivity contribution is 7.07. The lowest BCUT2D eigenvalue weighted by molar-refractivity contribution is 0.355. The van der Waals surface area contributed by atoms with Crippen LogP contribution in [0.25, 0.3) is 11.8 Å². The Morgan fingerprint density at radius 3 is 2.56 bits per heavy atom. The number of hydrogen-bond acceptors (Lipinski definition) is 5. The van der Waals surface area contributed by atoms with Crippen LogP contribution in [-0.4, -0.2) is 18.8 Å². The number of halogens is 1. The van der Waals surface area contributed by atoms with Crippen LogP contribution in [-0.2, 0) is 6.42 Å². The highest BCUT2D eigenvalue weighted by Gasteiger charge is 2.32. The number of methoxy groups -OCH3 is 2. The summed E-state index contributed by atoms with van der Waals surface area (Å²) in [5.41, 5.74) is 5.94. The number of rotatable bonds is 4. The van der Waals surface area contributed by atoms with Crippen LogP contribution in [0.4, 0.5) is 4.39 Å². The highest BCUT2D eigenvalue weighted by Crippen LogP contribution is 2.41. The van der Waals surface area contributed by atoms with Crippen LogP contribution in [0.2, 0.25) is 0 Å². The summed E-state index contributed by atoms with van der Waals surface area (Å²) in [7, 11) is 3.17. The highest BCUT2D eigenvalue weighted by atomic mass is 32.1. The summed E-state index contributed by atoms with van der Waals surface area (Å²) in [5, 5.41) is 0. The number of aryl methyl sites for hydroxylation is 1. The summed E-state index contributed by atoms with van der Waals surface area (Å²) in [5.74, 6) is 0.914. The molecule has 0 unspecified atom stereocenters. The predicted octanol–water partition coefficient (Wildman–Crippen LogP) is 4.48. The molecule has 1 atom stereocenters. The summed E-state index contributed by atoms with van der Waals surface area (Å²) in [6.07, 6.45) is 3.51. The fraction of sp³-hybridized carbons (Fsp3) is 0.172. The normalized spacial score (nSPS) is 16.6. The van der Waals surface area contributed by atoms with Gasteiger partial charge in [-0.3, -0.25) is 9.36 Å². The second kappa shape index (κ2) is 8.91. The van der Waals surface area contributed by atoms with Gasteiger partial charge in [-0.15, -0.1) is 0 Å². The van der Waals surface area contributed by atoms with E-state index in [1.54, 1.807) is 30.9 Å². The third-order valence-electron chi connectivity index (χ3n) is 6.76. The maximum absolute atomic E-state index is 13.8. The maximum Gasteiger partial charge on any atom is 0.271 e. The van der Waals surface area contributed by atoms with E-state index in [4.69, 9.17) is 14.5 Å². The van der Waals surface area contributed by atoms with E-state index >= 15 is 0 Å². The average molecular weight is 499 g/mol. The first-order chi connectivity index (χ1) is 17.6. The summed E-state index contributed by atoms with van der Waals surface area (Å²) >= 11 is 1.36. The Bertz CT molecular complexity index is 1700. The van der Waals surface area contributed by atoms with Crippen molar-refractivity contribution < 1.29 is 13.9 Å². The van der Waals surface area contributed by atoms with Gasteiger partial charge < -0.3 is 9.47 Å². The molecule has 0 spiro atoms. The third-order valence-corrected chi connectivity index (χ3v) is 7.75. The van der Waals surface area contributed by atoms with Gasteiger partial charge in [0.25, 0.3) is 5.56 Å². The van der Waals surface area contributed by atoms with Crippen LogP contribution >= 0.6 is 11.3 Å². The number of thiazole rings is 1. The molecule has 7 heteroatoms. The third kappa shape index (κ3) is 3.67. The van der Waals surface area contributed by atoms with Gasteiger partial charge in [0, 0.05) is 5.56 Å². The smallest absolute Gasteiger partial charge is 0.271 e. The van der Waals surface area contributed by atoms with E-state index < -0.39 is 0 Å². The standard InChI is InChI=1S/C29H23FN2O3S/c1-34-23-14-7-17(15-24(23)35-2)16-25-28(33)32-27(19-8-11-20(30)12-9-19)22-13-10-18-5-3-4-6-21(18)26(22)31-29(32)36-25/h3-9,11-12,14-16,27H,10,13H2,1-2H3/b25-16-/t27-/m0/s1. The van der Waals surface area contributed by atoms with Crippen molar-refractivity contribution in [3.05, 3.63) is 120 Å². The molecule has 0 bridgehead atoms. The zero-order chi connectivity index (χ0) is 24.8. The van der Waals surface area contributed by atoms with Crippen molar-refractivity contribution >= 4 is 23.1 Å². The number of allylic oxidation sites excluding steroid dienone is 1. The van der Waals surface area contributed by atoms with Crippen LogP contribution in [0.3, 0.4) is 0 Å². The van der Waals surface area contributed by atoms with Gasteiger partial charge in [0.1, 0.15) is 5.82 Å². The monoisotopic (exact) mass is 498 g/mol. The minimum Gasteiger partial charge on any atom is -0.493 e. The first-order valence-electron chi connectivity index (χ1n) is 11.7. The minimum atomic E-state index is -0.335. The quantitative estimate of drug-likeness (QED) is 0.417. The van der Waals surface area contributed by atoms with Crippen molar-refractivity contribution in [3.8, 4) is 11.5 Å². The van der Waals surface area contributed by atoms with Gasteiger partial charge in [-0.05, 0) is 65.4 Å². The molecule has 5 nitrogen and oxygen atoms in total. The SMILES string of the molecule is COc1ccc(/C=c2\sc3n(c2=O)[C@@H](c2ccc(F)cc2)C2=C(N=3)c3ccccc3CC2)cc1OC.